The molecule has 5 rings (SSSR count). The van der Waals surface area contributed by atoms with Gasteiger partial charge in [0.2, 0.25) is 0 Å². The Morgan fingerprint density at radius 3 is 2.47 bits per heavy atom. The van der Waals surface area contributed by atoms with Crippen LogP contribution < -0.4 is 10.1 Å². The number of hydrogen-bond donors (Lipinski definition) is 2. The molecule has 1 atom stereocenters. The zero-order valence-corrected chi connectivity index (χ0v) is 19.8. The molecule has 6 heteroatoms. The third kappa shape index (κ3) is 4.95. The highest BCUT2D eigenvalue weighted by Gasteiger charge is 2.23. The summed E-state index contributed by atoms with van der Waals surface area (Å²) in [5.74, 6) is -1.18. The zero-order chi connectivity index (χ0) is 25.1. The molecule has 36 heavy (non-hydrogen) atoms. The standard InChI is InChI=1S/C30H27F2NO3/c31-26-5-3-6-27(32)29(26)25-13-9-20-18-22(34)10-14-24(20)28(25)30(35)19-7-11-23(12-8-19)36-17-15-21-4-1-2-16-33-21/h3,5-14,18,21,33-34H,1-2,4,15-17H2. The van der Waals surface area contributed by atoms with Gasteiger partial charge in [-0.15, -0.1) is 0 Å². The number of nitrogens with one attached hydrogen (secondary N) is 1. The molecule has 0 spiro atoms. The first kappa shape index (κ1) is 23.9. The number of rotatable bonds is 7. The molecule has 0 aromatic heterocycles. The first-order valence-corrected chi connectivity index (χ1v) is 12.2. The van der Waals surface area contributed by atoms with Crippen molar-refractivity contribution in [1.82, 2.24) is 5.32 Å². The highest BCUT2D eigenvalue weighted by Crippen LogP contribution is 2.36. The van der Waals surface area contributed by atoms with Gasteiger partial charge in [-0.25, -0.2) is 8.78 Å². The van der Waals surface area contributed by atoms with Crippen LogP contribution >= 0.6 is 0 Å². The normalized spacial score (nSPS) is 15.7. The van der Waals surface area contributed by atoms with E-state index in [9.17, 15) is 18.7 Å². The molecule has 0 amide bonds. The van der Waals surface area contributed by atoms with E-state index < -0.39 is 11.6 Å². The lowest BCUT2D eigenvalue weighted by molar-refractivity contribution is 0.104. The van der Waals surface area contributed by atoms with Crippen molar-refractivity contribution in [2.24, 2.45) is 0 Å². The van der Waals surface area contributed by atoms with Crippen molar-refractivity contribution in [3.63, 3.8) is 0 Å². The molecule has 4 aromatic carbocycles. The van der Waals surface area contributed by atoms with Gasteiger partial charge in [0.25, 0.3) is 0 Å². The van der Waals surface area contributed by atoms with E-state index >= 15 is 0 Å². The monoisotopic (exact) mass is 487 g/mol. The maximum Gasteiger partial charge on any atom is 0.194 e. The topological polar surface area (TPSA) is 58.6 Å². The Morgan fingerprint density at radius 2 is 1.75 bits per heavy atom. The van der Waals surface area contributed by atoms with Gasteiger partial charge in [-0.2, -0.15) is 0 Å². The van der Waals surface area contributed by atoms with E-state index in [1.807, 2.05) is 0 Å². The van der Waals surface area contributed by atoms with Crippen LogP contribution in [0.15, 0.2) is 72.8 Å². The van der Waals surface area contributed by atoms with Crippen LogP contribution in [0.5, 0.6) is 11.5 Å². The molecule has 1 heterocycles. The van der Waals surface area contributed by atoms with Gasteiger partial charge in [-0.1, -0.05) is 24.6 Å². The second-order valence-corrected chi connectivity index (χ2v) is 9.13. The number of piperidine rings is 1. The fourth-order valence-corrected chi connectivity index (χ4v) is 4.86. The number of fused-ring (bicyclic) bond motifs is 1. The fraction of sp³-hybridized carbons (Fsp3) is 0.233. The Morgan fingerprint density at radius 1 is 0.972 bits per heavy atom. The molecule has 1 unspecified atom stereocenters. The van der Waals surface area contributed by atoms with Crippen LogP contribution in [0.1, 0.15) is 41.6 Å². The summed E-state index contributed by atoms with van der Waals surface area (Å²) in [7, 11) is 0. The molecule has 1 fully saturated rings. The maximum absolute atomic E-state index is 14.7. The average molecular weight is 488 g/mol. The number of carbonyl (C=O) groups is 1. The second-order valence-electron chi connectivity index (χ2n) is 9.13. The first-order chi connectivity index (χ1) is 17.5. The zero-order valence-electron chi connectivity index (χ0n) is 19.8. The molecular weight excluding hydrogens is 460 g/mol. The van der Waals surface area contributed by atoms with E-state index in [4.69, 9.17) is 4.74 Å². The van der Waals surface area contributed by atoms with Crippen molar-refractivity contribution in [3.8, 4) is 22.6 Å². The van der Waals surface area contributed by atoms with Crippen molar-refractivity contribution in [3.05, 3.63) is 95.6 Å². The summed E-state index contributed by atoms with van der Waals surface area (Å²) in [5.41, 5.74) is 0.449. The Hall–Kier alpha value is -3.77. The van der Waals surface area contributed by atoms with E-state index in [1.165, 1.54) is 49.2 Å². The van der Waals surface area contributed by atoms with Crippen molar-refractivity contribution in [2.45, 2.75) is 31.7 Å². The molecular formula is C30H27F2NO3. The lowest BCUT2D eigenvalue weighted by Gasteiger charge is -2.23. The summed E-state index contributed by atoms with van der Waals surface area (Å²) >= 11 is 0. The van der Waals surface area contributed by atoms with E-state index in [0.29, 0.717) is 34.7 Å². The van der Waals surface area contributed by atoms with Crippen molar-refractivity contribution >= 4 is 16.6 Å². The number of ether oxygens (including phenoxy) is 1. The number of phenols is 1. The minimum atomic E-state index is -0.751. The first-order valence-electron chi connectivity index (χ1n) is 12.2. The number of benzene rings is 4. The number of phenolic OH excluding ortho intramolecular Hbond substituents is 1. The van der Waals surface area contributed by atoms with Crippen LogP contribution in [-0.2, 0) is 0 Å². The number of carbonyl (C=O) groups excluding carboxylic acids is 1. The van der Waals surface area contributed by atoms with E-state index in [-0.39, 0.29) is 28.2 Å². The maximum atomic E-state index is 14.7. The minimum Gasteiger partial charge on any atom is -0.508 e. The molecule has 0 radical (unpaired) electrons. The summed E-state index contributed by atoms with van der Waals surface area (Å²) in [5, 5.41) is 14.5. The molecule has 0 bridgehead atoms. The van der Waals surface area contributed by atoms with E-state index in [2.05, 4.69) is 5.32 Å². The predicted octanol–water partition coefficient (Wildman–Crippen LogP) is 6.63. The van der Waals surface area contributed by atoms with Gasteiger partial charge in [-0.05, 0) is 96.7 Å². The highest BCUT2D eigenvalue weighted by molar-refractivity contribution is 6.20. The summed E-state index contributed by atoms with van der Waals surface area (Å²) in [6.45, 7) is 1.63. The summed E-state index contributed by atoms with van der Waals surface area (Å²) < 4.78 is 35.4. The minimum absolute atomic E-state index is 0.0376. The Labute approximate surface area is 208 Å². The number of hydrogen-bond acceptors (Lipinski definition) is 4. The van der Waals surface area contributed by atoms with Crippen LogP contribution in [0.25, 0.3) is 21.9 Å². The van der Waals surface area contributed by atoms with E-state index in [1.54, 1.807) is 36.4 Å². The highest BCUT2D eigenvalue weighted by atomic mass is 19.1. The number of halogens is 2. The van der Waals surface area contributed by atoms with Crippen LogP contribution in [0.2, 0.25) is 0 Å². The predicted molar refractivity (Wildman–Crippen MR) is 137 cm³/mol. The second kappa shape index (κ2) is 10.5. The Bertz CT molecular complexity index is 1380. The third-order valence-corrected chi connectivity index (χ3v) is 6.73. The number of ketones is 1. The van der Waals surface area contributed by atoms with Crippen molar-refractivity contribution in [2.75, 3.05) is 13.2 Å². The van der Waals surface area contributed by atoms with Gasteiger partial charge in [0.05, 0.1) is 12.2 Å². The van der Waals surface area contributed by atoms with Gasteiger partial charge in [0.1, 0.15) is 23.1 Å². The molecule has 1 aliphatic heterocycles. The van der Waals surface area contributed by atoms with Crippen molar-refractivity contribution < 1.29 is 23.4 Å². The lowest BCUT2D eigenvalue weighted by atomic mass is 9.89. The third-order valence-electron chi connectivity index (χ3n) is 6.73. The molecule has 0 aliphatic carbocycles. The largest absolute Gasteiger partial charge is 0.508 e. The van der Waals surface area contributed by atoms with Gasteiger partial charge >= 0.3 is 0 Å². The summed E-state index contributed by atoms with van der Waals surface area (Å²) in [4.78, 5) is 13.7. The fourth-order valence-electron chi connectivity index (χ4n) is 4.86. The Balaban J connectivity index is 1.46. The Kier molecular flexibility index (Phi) is 6.96. The molecule has 4 aromatic rings. The number of aromatic hydroxyl groups is 1. The summed E-state index contributed by atoms with van der Waals surface area (Å²) in [6.07, 6.45) is 4.53. The molecule has 1 saturated heterocycles. The van der Waals surface area contributed by atoms with Gasteiger partial charge in [-0.3, -0.25) is 4.79 Å². The lowest BCUT2D eigenvalue weighted by Crippen LogP contribution is -2.35. The van der Waals surface area contributed by atoms with Crippen LogP contribution in [0, 0.1) is 11.6 Å². The van der Waals surface area contributed by atoms with Crippen LogP contribution in [0.4, 0.5) is 8.78 Å². The van der Waals surface area contributed by atoms with Gasteiger partial charge < -0.3 is 15.2 Å². The van der Waals surface area contributed by atoms with E-state index in [0.717, 1.165) is 19.4 Å². The average Bonchev–Trinajstić information content (AvgIpc) is 2.89. The SMILES string of the molecule is O=C(c1ccc(OCCC2CCCCN2)cc1)c1c(-c2c(F)cccc2F)ccc2cc(O)ccc12. The molecule has 1 aliphatic rings. The van der Waals surface area contributed by atoms with Crippen LogP contribution in [0.3, 0.4) is 0 Å². The quantitative estimate of drug-likeness (QED) is 0.287. The molecule has 4 nitrogen and oxygen atoms in total. The molecule has 0 saturated carbocycles. The molecule has 184 valence electrons. The van der Waals surface area contributed by atoms with Gasteiger partial charge in [0.15, 0.2) is 5.78 Å². The molecule has 2 N–H and O–H groups in total. The van der Waals surface area contributed by atoms with Gasteiger partial charge in [0, 0.05) is 17.2 Å². The smallest absolute Gasteiger partial charge is 0.194 e. The van der Waals surface area contributed by atoms with Crippen LogP contribution in [-0.4, -0.2) is 30.1 Å². The van der Waals surface area contributed by atoms with Crippen molar-refractivity contribution in [1.29, 1.82) is 0 Å². The summed E-state index contributed by atoms with van der Waals surface area (Å²) in [6, 6.07) is 18.6.